The van der Waals surface area contributed by atoms with Gasteiger partial charge < -0.3 is 19.5 Å². The zero-order valence-electron chi connectivity index (χ0n) is 18.9. The van der Waals surface area contributed by atoms with Crippen molar-refractivity contribution in [3.63, 3.8) is 0 Å². The van der Waals surface area contributed by atoms with Crippen LogP contribution >= 0.6 is 22.7 Å². The third-order valence-electron chi connectivity index (χ3n) is 6.25. The van der Waals surface area contributed by atoms with E-state index in [-0.39, 0.29) is 17.6 Å². The minimum atomic E-state index is -1.83. The number of amides is 1. The highest BCUT2D eigenvalue weighted by molar-refractivity contribution is 7.19. The lowest BCUT2D eigenvalue weighted by molar-refractivity contribution is -0.189. The summed E-state index contributed by atoms with van der Waals surface area (Å²) in [6.45, 7) is 6.78. The average molecular weight is 486 g/mol. The predicted octanol–water partition coefficient (Wildman–Crippen LogP) is 5.14. The van der Waals surface area contributed by atoms with E-state index in [1.165, 1.54) is 22.7 Å². The second kappa shape index (κ2) is 7.82. The first kappa shape index (κ1) is 22.4. The van der Waals surface area contributed by atoms with Crippen molar-refractivity contribution in [3.05, 3.63) is 57.6 Å². The Hall–Kier alpha value is -2.42. The van der Waals surface area contributed by atoms with Crippen LogP contribution in [0.1, 0.15) is 43.4 Å². The summed E-state index contributed by atoms with van der Waals surface area (Å²) >= 11 is 2.74. The minimum absolute atomic E-state index is 0.0134. The molecule has 1 aromatic carbocycles. The predicted molar refractivity (Wildman–Crippen MR) is 128 cm³/mol. The number of carbonyl (C=O) groups is 2. The average Bonchev–Trinajstić information content (AvgIpc) is 3.36. The third kappa shape index (κ3) is 4.05. The number of esters is 1. The van der Waals surface area contributed by atoms with Gasteiger partial charge in [0, 0.05) is 23.2 Å². The van der Waals surface area contributed by atoms with E-state index in [2.05, 4.69) is 0 Å². The lowest BCUT2D eigenvalue weighted by atomic mass is 9.62. The summed E-state index contributed by atoms with van der Waals surface area (Å²) in [7, 11) is 0. The van der Waals surface area contributed by atoms with Crippen LogP contribution in [0.15, 0.2) is 47.8 Å². The molecule has 5 rings (SSSR count). The number of hydrogen-bond acceptors (Lipinski definition) is 7. The van der Waals surface area contributed by atoms with Gasteiger partial charge in [-0.3, -0.25) is 0 Å². The Morgan fingerprint density at radius 2 is 1.82 bits per heavy atom. The van der Waals surface area contributed by atoms with Gasteiger partial charge in [-0.25, -0.2) is 9.59 Å². The maximum absolute atomic E-state index is 13.3. The fraction of sp³-hybridized carbons (Fsp3) is 0.440. The van der Waals surface area contributed by atoms with Gasteiger partial charge >= 0.3 is 12.1 Å². The van der Waals surface area contributed by atoms with Gasteiger partial charge in [-0.15, -0.1) is 22.7 Å². The molecule has 8 heteroatoms. The zero-order valence-corrected chi connectivity index (χ0v) is 20.5. The minimum Gasteiger partial charge on any atom is -0.460 e. The van der Waals surface area contributed by atoms with Crippen LogP contribution in [0, 0.1) is 5.41 Å². The largest absolute Gasteiger partial charge is 0.460 e. The van der Waals surface area contributed by atoms with Crippen molar-refractivity contribution >= 4 is 44.8 Å². The van der Waals surface area contributed by atoms with Crippen LogP contribution in [0.4, 0.5) is 4.79 Å². The summed E-state index contributed by atoms with van der Waals surface area (Å²) in [5.74, 6) is -0.639. The molecule has 1 saturated carbocycles. The SMILES string of the molecule is CC(C)(C)OC(=O)N1CC2(CC(OC(=O)[C@@](O)(c3cccs3)c3cc4ccccc4s3)C2)C1. The van der Waals surface area contributed by atoms with Gasteiger partial charge in [0.05, 0.1) is 9.75 Å². The molecule has 2 aliphatic rings. The van der Waals surface area contributed by atoms with Crippen LogP contribution in [-0.4, -0.2) is 46.9 Å². The number of thiophene rings is 2. The summed E-state index contributed by atoms with van der Waals surface area (Å²) in [4.78, 5) is 28.4. The molecule has 0 bridgehead atoms. The van der Waals surface area contributed by atoms with Gasteiger partial charge in [-0.1, -0.05) is 24.3 Å². The standard InChI is InChI=1S/C25H27NO5S2/c1-23(2,3)31-22(28)26-14-24(15-26)12-17(13-24)30-21(27)25(29,19-9-6-10-32-19)20-11-16-7-4-5-8-18(16)33-20/h4-11,17,29H,12-15H2,1-3H3/t25-/m1/s1. The molecule has 3 heterocycles. The molecule has 2 aromatic heterocycles. The van der Waals surface area contributed by atoms with Crippen molar-refractivity contribution in [3.8, 4) is 0 Å². The van der Waals surface area contributed by atoms with Crippen molar-refractivity contribution in [1.82, 2.24) is 4.90 Å². The number of nitrogens with zero attached hydrogens (tertiary/aromatic N) is 1. The van der Waals surface area contributed by atoms with Crippen molar-refractivity contribution in [2.45, 2.75) is 50.9 Å². The van der Waals surface area contributed by atoms with E-state index in [1.54, 1.807) is 11.0 Å². The van der Waals surface area contributed by atoms with E-state index in [4.69, 9.17) is 9.47 Å². The van der Waals surface area contributed by atoms with Crippen LogP contribution < -0.4 is 0 Å². The molecule has 3 aromatic rings. The number of fused-ring (bicyclic) bond motifs is 1. The normalized spacial score (nSPS) is 19.6. The maximum atomic E-state index is 13.3. The molecule has 33 heavy (non-hydrogen) atoms. The van der Waals surface area contributed by atoms with E-state index in [1.807, 2.05) is 62.5 Å². The van der Waals surface area contributed by atoms with Crippen molar-refractivity contribution in [1.29, 1.82) is 0 Å². The fourth-order valence-electron chi connectivity index (χ4n) is 4.67. The summed E-state index contributed by atoms with van der Waals surface area (Å²) in [6.07, 6.45) is 0.806. The molecule has 2 fully saturated rings. The number of aliphatic hydroxyl groups is 1. The number of hydrogen-bond donors (Lipinski definition) is 1. The maximum Gasteiger partial charge on any atom is 0.410 e. The van der Waals surface area contributed by atoms with E-state index in [0.29, 0.717) is 35.7 Å². The molecule has 1 aliphatic heterocycles. The second-order valence-corrected chi connectivity index (χ2v) is 12.1. The molecule has 174 valence electrons. The molecule has 1 spiro atoms. The Morgan fingerprint density at radius 1 is 1.09 bits per heavy atom. The fourth-order valence-corrected chi connectivity index (χ4v) is 6.72. The summed E-state index contributed by atoms with van der Waals surface area (Å²) < 4.78 is 12.3. The van der Waals surface area contributed by atoms with E-state index >= 15 is 0 Å². The number of ether oxygens (including phenoxy) is 2. The monoisotopic (exact) mass is 485 g/mol. The quantitative estimate of drug-likeness (QED) is 0.518. The van der Waals surface area contributed by atoms with Gasteiger partial charge in [-0.05, 0) is 62.6 Å². The van der Waals surface area contributed by atoms with Gasteiger partial charge in [-0.2, -0.15) is 0 Å². The molecule has 1 atom stereocenters. The molecule has 0 radical (unpaired) electrons. The molecule has 1 aliphatic carbocycles. The van der Waals surface area contributed by atoms with Crippen LogP contribution in [0.25, 0.3) is 10.1 Å². The van der Waals surface area contributed by atoms with E-state index in [0.717, 1.165) is 10.1 Å². The summed E-state index contributed by atoms with van der Waals surface area (Å²) in [6, 6.07) is 13.3. The van der Waals surface area contributed by atoms with Crippen LogP contribution in [-0.2, 0) is 19.9 Å². The smallest absolute Gasteiger partial charge is 0.410 e. The van der Waals surface area contributed by atoms with E-state index < -0.39 is 17.2 Å². The lowest BCUT2D eigenvalue weighted by Crippen LogP contribution is -2.66. The van der Waals surface area contributed by atoms with Crippen molar-refractivity contribution in [2.75, 3.05) is 13.1 Å². The highest BCUT2D eigenvalue weighted by Crippen LogP contribution is 2.51. The van der Waals surface area contributed by atoms with Gasteiger partial charge in [0.2, 0.25) is 5.60 Å². The Morgan fingerprint density at radius 3 is 2.45 bits per heavy atom. The molecule has 1 N–H and O–H groups in total. The lowest BCUT2D eigenvalue weighted by Gasteiger charge is -2.58. The van der Waals surface area contributed by atoms with Crippen molar-refractivity contribution < 1.29 is 24.2 Å². The highest BCUT2D eigenvalue weighted by Gasteiger charge is 2.57. The molecule has 1 saturated heterocycles. The van der Waals surface area contributed by atoms with Crippen molar-refractivity contribution in [2.24, 2.45) is 5.41 Å². The van der Waals surface area contributed by atoms with Crippen LogP contribution in [0.5, 0.6) is 0 Å². The first-order valence-corrected chi connectivity index (χ1v) is 12.7. The van der Waals surface area contributed by atoms with Gasteiger partial charge in [0.1, 0.15) is 11.7 Å². The molecule has 1 amide bonds. The number of likely N-dealkylation sites (tertiary alicyclic amines) is 1. The molecule has 0 unspecified atom stereocenters. The number of carbonyl (C=O) groups excluding carboxylic acids is 2. The first-order chi connectivity index (χ1) is 15.6. The molecular formula is C25H27NO5S2. The Kier molecular flexibility index (Phi) is 5.30. The van der Waals surface area contributed by atoms with E-state index in [9.17, 15) is 14.7 Å². The zero-order chi connectivity index (χ0) is 23.4. The van der Waals surface area contributed by atoms with Gasteiger partial charge in [0.15, 0.2) is 0 Å². The number of benzene rings is 1. The van der Waals surface area contributed by atoms with Crippen LogP contribution in [0.2, 0.25) is 0 Å². The Bertz CT molecular complexity index is 1150. The van der Waals surface area contributed by atoms with Crippen LogP contribution in [0.3, 0.4) is 0 Å². The first-order valence-electron chi connectivity index (χ1n) is 11.0. The topological polar surface area (TPSA) is 76.1 Å². The number of rotatable bonds is 4. The Labute approximate surface area is 200 Å². The summed E-state index contributed by atoms with van der Waals surface area (Å²) in [5.41, 5.74) is -2.36. The Balaban J connectivity index is 1.26. The molecular weight excluding hydrogens is 458 g/mol. The highest BCUT2D eigenvalue weighted by atomic mass is 32.1. The van der Waals surface area contributed by atoms with Gasteiger partial charge in [0.25, 0.3) is 0 Å². The third-order valence-corrected chi connectivity index (χ3v) is 8.46. The molecule has 6 nitrogen and oxygen atoms in total. The second-order valence-electron chi connectivity index (χ2n) is 10.1. The summed E-state index contributed by atoms with van der Waals surface area (Å²) in [5, 5.41) is 14.5.